The predicted octanol–water partition coefficient (Wildman–Crippen LogP) is 2.88. The van der Waals surface area contributed by atoms with Crippen LogP contribution in [0.1, 0.15) is 31.6 Å². The van der Waals surface area contributed by atoms with Crippen LogP contribution < -0.4 is 10.6 Å². The van der Waals surface area contributed by atoms with Crippen molar-refractivity contribution in [3.63, 3.8) is 0 Å². The van der Waals surface area contributed by atoms with Crippen molar-refractivity contribution in [2.45, 2.75) is 26.3 Å². The Balaban J connectivity index is 0.00000210. The van der Waals surface area contributed by atoms with Crippen molar-refractivity contribution in [3.8, 4) is 11.3 Å². The van der Waals surface area contributed by atoms with Gasteiger partial charge in [-0.25, -0.2) is 4.98 Å². The highest BCUT2D eigenvalue weighted by Crippen LogP contribution is 2.27. The van der Waals surface area contributed by atoms with Crippen molar-refractivity contribution in [1.29, 1.82) is 0 Å². The highest BCUT2D eigenvalue weighted by atomic mass is 35.5. The van der Waals surface area contributed by atoms with Crippen molar-refractivity contribution >= 4 is 29.7 Å². The molecule has 3 aromatic rings. The van der Waals surface area contributed by atoms with Crippen LogP contribution in [0.25, 0.3) is 11.3 Å². The first-order chi connectivity index (χ1) is 12.7. The number of carbonyl (C=O) groups is 1. The van der Waals surface area contributed by atoms with Crippen LogP contribution in [-0.2, 0) is 19.4 Å². The van der Waals surface area contributed by atoms with Crippen LogP contribution in [0.3, 0.4) is 0 Å². The Morgan fingerprint density at radius 2 is 2.11 bits per heavy atom. The highest BCUT2D eigenvalue weighted by molar-refractivity contribution is 7.12. The van der Waals surface area contributed by atoms with Crippen LogP contribution in [0.2, 0.25) is 0 Å². The molecular weight excluding hydrogens is 382 g/mol. The maximum Gasteiger partial charge on any atom is 0.272 e. The third kappa shape index (κ3) is 4.21. The molecule has 3 heterocycles. The lowest BCUT2D eigenvalue weighted by Crippen LogP contribution is -2.29. The van der Waals surface area contributed by atoms with Gasteiger partial charge in [0, 0.05) is 54.2 Å². The van der Waals surface area contributed by atoms with Gasteiger partial charge in [-0.2, -0.15) is 5.10 Å². The first-order valence-electron chi connectivity index (χ1n) is 8.79. The molecule has 0 spiro atoms. The van der Waals surface area contributed by atoms with Gasteiger partial charge in [-0.1, -0.05) is 30.3 Å². The van der Waals surface area contributed by atoms with Gasteiger partial charge in [-0.3, -0.25) is 9.89 Å². The number of aromatic nitrogens is 3. The predicted molar refractivity (Wildman–Crippen MR) is 110 cm³/mol. The molecule has 8 heteroatoms. The number of aromatic amines is 1. The van der Waals surface area contributed by atoms with Crippen LogP contribution in [-0.4, -0.2) is 34.2 Å². The summed E-state index contributed by atoms with van der Waals surface area (Å²) in [6.45, 7) is 4.25. The first kappa shape index (κ1) is 19.5. The Kier molecular flexibility index (Phi) is 6.26. The minimum absolute atomic E-state index is 0. The lowest BCUT2D eigenvalue weighted by atomic mass is 10.1. The average Bonchev–Trinajstić information content (AvgIpc) is 3.26. The summed E-state index contributed by atoms with van der Waals surface area (Å²) in [5.41, 5.74) is 4.73. The van der Waals surface area contributed by atoms with Gasteiger partial charge in [-0.05, 0) is 6.92 Å². The molecule has 0 fully saturated rings. The SMILES string of the molecule is Cc1sc(CCNC(=O)c2n[nH]c3c2CNCC3)nc1-c1ccccc1.Cl. The summed E-state index contributed by atoms with van der Waals surface area (Å²) in [6, 6.07) is 10.2. The molecule has 1 amide bonds. The summed E-state index contributed by atoms with van der Waals surface area (Å²) in [7, 11) is 0. The van der Waals surface area contributed by atoms with Crippen LogP contribution >= 0.6 is 23.7 Å². The summed E-state index contributed by atoms with van der Waals surface area (Å²) < 4.78 is 0. The van der Waals surface area contributed by atoms with Gasteiger partial charge in [-0.15, -0.1) is 23.7 Å². The molecule has 0 saturated heterocycles. The normalized spacial score (nSPS) is 12.9. The molecule has 1 aliphatic rings. The van der Waals surface area contributed by atoms with E-state index in [1.54, 1.807) is 11.3 Å². The molecule has 1 aliphatic heterocycles. The number of hydrogen-bond acceptors (Lipinski definition) is 5. The average molecular weight is 404 g/mol. The second-order valence-corrected chi connectivity index (χ2v) is 7.63. The molecule has 6 nitrogen and oxygen atoms in total. The maximum absolute atomic E-state index is 12.4. The maximum atomic E-state index is 12.4. The number of hydrogen-bond donors (Lipinski definition) is 3. The molecule has 0 aliphatic carbocycles. The molecule has 1 aromatic carbocycles. The van der Waals surface area contributed by atoms with Crippen LogP contribution in [0, 0.1) is 6.92 Å². The molecule has 27 heavy (non-hydrogen) atoms. The van der Waals surface area contributed by atoms with Gasteiger partial charge in [0.2, 0.25) is 0 Å². The number of benzene rings is 1. The van der Waals surface area contributed by atoms with Crippen molar-refractivity contribution in [3.05, 3.63) is 57.2 Å². The number of amides is 1. The molecule has 0 bridgehead atoms. The topological polar surface area (TPSA) is 82.7 Å². The van der Waals surface area contributed by atoms with Gasteiger partial charge in [0.1, 0.15) is 0 Å². The van der Waals surface area contributed by atoms with Crippen molar-refractivity contribution in [1.82, 2.24) is 25.8 Å². The van der Waals surface area contributed by atoms with E-state index in [1.807, 2.05) is 18.2 Å². The van der Waals surface area contributed by atoms with E-state index in [0.29, 0.717) is 18.8 Å². The number of rotatable bonds is 5. The molecular formula is C19H22ClN5OS. The second kappa shape index (κ2) is 8.65. The Bertz CT molecular complexity index is 922. The number of nitrogens with zero attached hydrogens (tertiary/aromatic N) is 2. The number of aryl methyl sites for hydroxylation is 1. The number of halogens is 1. The summed E-state index contributed by atoms with van der Waals surface area (Å²) in [5, 5.41) is 14.5. The van der Waals surface area contributed by atoms with Gasteiger partial charge in [0.25, 0.3) is 5.91 Å². The van der Waals surface area contributed by atoms with E-state index in [0.717, 1.165) is 46.9 Å². The van der Waals surface area contributed by atoms with Crippen molar-refractivity contribution < 1.29 is 4.79 Å². The summed E-state index contributed by atoms with van der Waals surface area (Å²) >= 11 is 1.69. The third-order valence-corrected chi connectivity index (χ3v) is 5.56. The third-order valence-electron chi connectivity index (χ3n) is 4.53. The van der Waals surface area contributed by atoms with E-state index in [2.05, 4.69) is 39.9 Å². The Hall–Kier alpha value is -2.22. The lowest BCUT2D eigenvalue weighted by molar-refractivity contribution is 0.0948. The number of fused-ring (bicyclic) bond motifs is 1. The minimum atomic E-state index is -0.122. The van der Waals surface area contributed by atoms with E-state index in [-0.39, 0.29) is 18.3 Å². The summed E-state index contributed by atoms with van der Waals surface area (Å²) in [6.07, 6.45) is 1.60. The van der Waals surface area contributed by atoms with Gasteiger partial charge >= 0.3 is 0 Å². The largest absolute Gasteiger partial charge is 0.350 e. The zero-order chi connectivity index (χ0) is 17.9. The number of H-pyrrole nitrogens is 1. The van der Waals surface area contributed by atoms with Crippen LogP contribution in [0.5, 0.6) is 0 Å². The minimum Gasteiger partial charge on any atom is -0.350 e. The fraction of sp³-hybridized carbons (Fsp3) is 0.316. The zero-order valence-electron chi connectivity index (χ0n) is 15.0. The molecule has 0 unspecified atom stereocenters. The number of carbonyl (C=O) groups excluding carboxylic acids is 1. The molecule has 3 N–H and O–H groups in total. The fourth-order valence-electron chi connectivity index (χ4n) is 3.20. The van der Waals surface area contributed by atoms with E-state index >= 15 is 0 Å². The molecule has 0 radical (unpaired) electrons. The second-order valence-electron chi connectivity index (χ2n) is 6.34. The number of thiazole rings is 1. The van der Waals surface area contributed by atoms with E-state index < -0.39 is 0 Å². The Morgan fingerprint density at radius 3 is 2.93 bits per heavy atom. The van der Waals surface area contributed by atoms with E-state index in [4.69, 9.17) is 4.98 Å². The molecule has 0 atom stereocenters. The molecule has 4 rings (SSSR count). The number of nitrogens with one attached hydrogen (secondary N) is 3. The zero-order valence-corrected chi connectivity index (χ0v) is 16.7. The van der Waals surface area contributed by atoms with Crippen LogP contribution in [0.4, 0.5) is 0 Å². The fourth-order valence-corrected chi connectivity index (χ4v) is 4.16. The van der Waals surface area contributed by atoms with E-state index in [1.165, 1.54) is 4.88 Å². The monoisotopic (exact) mass is 403 g/mol. The molecule has 142 valence electrons. The van der Waals surface area contributed by atoms with Crippen molar-refractivity contribution in [2.75, 3.05) is 13.1 Å². The Morgan fingerprint density at radius 1 is 1.30 bits per heavy atom. The van der Waals surface area contributed by atoms with Gasteiger partial charge in [0.15, 0.2) is 5.69 Å². The standard InChI is InChI=1S/C19H21N5OS.ClH/c1-12-17(13-5-3-2-4-6-13)22-16(26-12)8-10-21-19(25)18-14-11-20-9-7-15(14)23-24-18;/h2-6,20H,7-11H2,1H3,(H,21,25)(H,23,24);1H. The van der Waals surface area contributed by atoms with E-state index in [9.17, 15) is 4.79 Å². The molecule has 0 saturated carbocycles. The molecule has 2 aromatic heterocycles. The lowest BCUT2D eigenvalue weighted by Gasteiger charge is -2.12. The van der Waals surface area contributed by atoms with Crippen molar-refractivity contribution in [2.24, 2.45) is 0 Å². The quantitative estimate of drug-likeness (QED) is 0.611. The first-order valence-corrected chi connectivity index (χ1v) is 9.61. The summed E-state index contributed by atoms with van der Waals surface area (Å²) in [5.74, 6) is -0.122. The summed E-state index contributed by atoms with van der Waals surface area (Å²) in [4.78, 5) is 18.4. The van der Waals surface area contributed by atoms with Gasteiger partial charge < -0.3 is 10.6 Å². The van der Waals surface area contributed by atoms with Gasteiger partial charge in [0.05, 0.1) is 10.7 Å². The highest BCUT2D eigenvalue weighted by Gasteiger charge is 2.21. The Labute approximate surface area is 168 Å². The smallest absolute Gasteiger partial charge is 0.272 e. The van der Waals surface area contributed by atoms with Crippen LogP contribution in [0.15, 0.2) is 30.3 Å².